The van der Waals surface area contributed by atoms with E-state index < -0.39 is 5.97 Å². The third-order valence-electron chi connectivity index (χ3n) is 3.27. The summed E-state index contributed by atoms with van der Waals surface area (Å²) < 4.78 is 10.8. The number of nitrogens with zero attached hydrogens (tertiary/aromatic N) is 1. The summed E-state index contributed by atoms with van der Waals surface area (Å²) in [6, 6.07) is 5.45. The van der Waals surface area contributed by atoms with Gasteiger partial charge in [0.15, 0.2) is 5.11 Å². The van der Waals surface area contributed by atoms with E-state index in [1.807, 2.05) is 19.9 Å². The molecule has 7 nitrogen and oxygen atoms in total. The van der Waals surface area contributed by atoms with E-state index in [-0.39, 0.29) is 6.42 Å². The topological polar surface area (TPSA) is 100 Å². The van der Waals surface area contributed by atoms with E-state index in [1.165, 1.54) is 0 Å². The van der Waals surface area contributed by atoms with Crippen molar-refractivity contribution in [3.63, 3.8) is 0 Å². The Morgan fingerprint density at radius 1 is 1.42 bits per heavy atom. The van der Waals surface area contributed by atoms with Gasteiger partial charge in [-0.1, -0.05) is 0 Å². The van der Waals surface area contributed by atoms with Crippen LogP contribution in [0.25, 0.3) is 0 Å². The van der Waals surface area contributed by atoms with Crippen molar-refractivity contribution in [3.8, 4) is 0 Å². The maximum absolute atomic E-state index is 10.6. The van der Waals surface area contributed by atoms with Gasteiger partial charge in [0.1, 0.15) is 17.3 Å². The predicted octanol–water partition coefficient (Wildman–Crippen LogP) is 2.59. The third-order valence-corrected chi connectivity index (χ3v) is 3.51. The minimum atomic E-state index is -0.856. The molecular weight excluding hydrogens is 330 g/mol. The van der Waals surface area contributed by atoms with E-state index in [4.69, 9.17) is 26.2 Å². The number of aliphatic carboxylic acids is 1. The summed E-state index contributed by atoms with van der Waals surface area (Å²) in [6.45, 7) is 4.10. The number of hydrogen-bond donors (Lipinski definition) is 3. The molecule has 3 N–H and O–H groups in total. The van der Waals surface area contributed by atoms with E-state index in [0.717, 1.165) is 11.3 Å². The number of carbonyl (C=O) groups is 1. The first-order chi connectivity index (χ1) is 11.5. The lowest BCUT2D eigenvalue weighted by atomic mass is 10.1. The van der Waals surface area contributed by atoms with Gasteiger partial charge >= 0.3 is 5.97 Å². The lowest BCUT2D eigenvalue weighted by Crippen LogP contribution is -2.32. The van der Waals surface area contributed by atoms with Gasteiger partial charge in [0.2, 0.25) is 0 Å². The maximum atomic E-state index is 10.6. The average molecular weight is 349 g/mol. The Labute approximate surface area is 144 Å². The molecule has 0 fully saturated rings. The number of carboxylic acid groups (broad SMARTS) is 1. The molecule has 0 radical (unpaired) electrons. The number of rotatable bonds is 7. The fourth-order valence-corrected chi connectivity index (χ4v) is 2.19. The molecule has 2 heterocycles. The summed E-state index contributed by atoms with van der Waals surface area (Å²) in [6.07, 6.45) is 1.97. The molecule has 2 aromatic heterocycles. The molecule has 0 spiro atoms. The lowest BCUT2D eigenvalue weighted by Gasteiger charge is -2.06. The number of furan rings is 2. The predicted molar refractivity (Wildman–Crippen MR) is 92.9 cm³/mol. The molecule has 0 amide bonds. The number of thiocarbonyl (C=S) groups is 1. The van der Waals surface area contributed by atoms with Gasteiger partial charge in [0, 0.05) is 12.0 Å². The number of carboxylic acids is 1. The van der Waals surface area contributed by atoms with Gasteiger partial charge in [0.05, 0.1) is 24.9 Å². The van der Waals surface area contributed by atoms with Crippen LogP contribution < -0.4 is 10.7 Å². The lowest BCUT2D eigenvalue weighted by molar-refractivity contribution is -0.137. The smallest absolute Gasteiger partial charge is 0.303 e. The second kappa shape index (κ2) is 8.30. The fourth-order valence-electron chi connectivity index (χ4n) is 2.07. The van der Waals surface area contributed by atoms with Crippen LogP contribution in [0.3, 0.4) is 0 Å². The molecule has 2 aromatic rings. The molecule has 0 bridgehead atoms. The number of hydrazone groups is 1. The minimum Gasteiger partial charge on any atom is -0.481 e. The van der Waals surface area contributed by atoms with Crippen LogP contribution in [0, 0.1) is 6.92 Å². The van der Waals surface area contributed by atoms with Crippen LogP contribution in [0.1, 0.15) is 36.2 Å². The van der Waals surface area contributed by atoms with Gasteiger partial charge < -0.3 is 19.3 Å². The molecule has 0 aliphatic rings. The second-order valence-corrected chi connectivity index (χ2v) is 5.56. The molecule has 2 rings (SSSR count). The second-order valence-electron chi connectivity index (χ2n) is 5.15. The highest BCUT2D eigenvalue weighted by Gasteiger charge is 2.11. The Morgan fingerprint density at radius 2 is 2.21 bits per heavy atom. The van der Waals surface area contributed by atoms with Crippen LogP contribution in [-0.2, 0) is 17.8 Å². The quantitative estimate of drug-likeness (QED) is 0.401. The van der Waals surface area contributed by atoms with Gasteiger partial charge in [-0.3, -0.25) is 10.2 Å². The first-order valence-electron chi connectivity index (χ1n) is 7.37. The summed E-state index contributed by atoms with van der Waals surface area (Å²) in [5, 5.41) is 16.3. The highest BCUT2D eigenvalue weighted by molar-refractivity contribution is 7.80. The third kappa shape index (κ3) is 5.24. The molecule has 8 heteroatoms. The Bertz CT molecular complexity index is 735. The van der Waals surface area contributed by atoms with E-state index in [1.54, 1.807) is 18.4 Å². The summed E-state index contributed by atoms with van der Waals surface area (Å²) >= 11 is 5.14. The van der Waals surface area contributed by atoms with Crippen LogP contribution in [0.4, 0.5) is 0 Å². The summed E-state index contributed by atoms with van der Waals surface area (Å²) in [5.74, 6) is 1.23. The van der Waals surface area contributed by atoms with Gasteiger partial charge in [-0.2, -0.15) is 5.10 Å². The largest absolute Gasteiger partial charge is 0.481 e. The van der Waals surface area contributed by atoms with Crippen molar-refractivity contribution in [3.05, 3.63) is 47.3 Å². The van der Waals surface area contributed by atoms with Crippen molar-refractivity contribution in [2.24, 2.45) is 5.10 Å². The monoisotopic (exact) mass is 349 g/mol. The summed E-state index contributed by atoms with van der Waals surface area (Å²) in [5.41, 5.74) is 4.27. The van der Waals surface area contributed by atoms with Crippen molar-refractivity contribution in [2.45, 2.75) is 33.2 Å². The van der Waals surface area contributed by atoms with E-state index in [0.29, 0.717) is 35.3 Å². The van der Waals surface area contributed by atoms with Crippen LogP contribution in [0.2, 0.25) is 0 Å². The molecule has 0 saturated carbocycles. The highest BCUT2D eigenvalue weighted by atomic mass is 32.1. The zero-order valence-corrected chi connectivity index (χ0v) is 14.3. The van der Waals surface area contributed by atoms with Gasteiger partial charge in [-0.25, -0.2) is 0 Å². The van der Waals surface area contributed by atoms with Crippen LogP contribution >= 0.6 is 12.2 Å². The first-order valence-corrected chi connectivity index (χ1v) is 7.78. The Hall–Kier alpha value is -2.61. The number of hydrogen-bond acceptors (Lipinski definition) is 5. The normalized spacial score (nSPS) is 11.3. The molecule has 0 aliphatic carbocycles. The van der Waals surface area contributed by atoms with Crippen molar-refractivity contribution < 1.29 is 18.7 Å². The van der Waals surface area contributed by atoms with Crippen molar-refractivity contribution >= 4 is 29.0 Å². The molecule has 0 atom stereocenters. The molecule has 0 aliphatic heterocycles. The molecule has 0 aromatic carbocycles. The molecule has 0 unspecified atom stereocenters. The van der Waals surface area contributed by atoms with Crippen LogP contribution in [0.15, 0.2) is 38.4 Å². The maximum Gasteiger partial charge on any atom is 0.303 e. The Kier molecular flexibility index (Phi) is 6.14. The van der Waals surface area contributed by atoms with Crippen LogP contribution in [0.5, 0.6) is 0 Å². The zero-order chi connectivity index (χ0) is 17.5. The van der Waals surface area contributed by atoms with Gasteiger partial charge in [-0.15, -0.1) is 0 Å². The SMILES string of the molecule is C/C(=N/NC(=S)NCc1ccco1)c1cc(CCC(=O)O)oc1C. The fraction of sp³-hybridized carbons (Fsp3) is 0.312. The standard InChI is InChI=1S/C16H19N3O4S/c1-10(14-8-12(23-11(14)2)5-6-15(20)21)18-19-16(24)17-9-13-4-3-7-22-13/h3-4,7-8H,5-6,9H2,1-2H3,(H,20,21)(H2,17,19,24)/b18-10-. The Morgan fingerprint density at radius 3 is 2.88 bits per heavy atom. The van der Waals surface area contributed by atoms with E-state index >= 15 is 0 Å². The van der Waals surface area contributed by atoms with Crippen molar-refractivity contribution in [2.75, 3.05) is 0 Å². The van der Waals surface area contributed by atoms with E-state index in [9.17, 15) is 4.79 Å². The zero-order valence-electron chi connectivity index (χ0n) is 13.5. The highest BCUT2D eigenvalue weighted by Crippen LogP contribution is 2.17. The molecule has 24 heavy (non-hydrogen) atoms. The van der Waals surface area contributed by atoms with Crippen molar-refractivity contribution in [1.29, 1.82) is 0 Å². The number of nitrogens with one attached hydrogen (secondary N) is 2. The Balaban J connectivity index is 1.90. The van der Waals surface area contributed by atoms with Crippen molar-refractivity contribution in [1.82, 2.24) is 10.7 Å². The van der Waals surface area contributed by atoms with E-state index in [2.05, 4.69) is 15.8 Å². The molecule has 0 saturated heterocycles. The van der Waals surface area contributed by atoms with Gasteiger partial charge in [-0.05, 0) is 44.3 Å². The van der Waals surface area contributed by atoms with Gasteiger partial charge in [0.25, 0.3) is 0 Å². The number of aryl methyl sites for hydroxylation is 2. The van der Waals surface area contributed by atoms with Crippen LogP contribution in [-0.4, -0.2) is 21.9 Å². The minimum absolute atomic E-state index is 0.0294. The summed E-state index contributed by atoms with van der Waals surface area (Å²) in [4.78, 5) is 10.6. The molecular formula is C16H19N3O4S. The first kappa shape index (κ1) is 17.7. The molecule has 128 valence electrons. The average Bonchev–Trinajstić information content (AvgIpc) is 3.18. The summed E-state index contributed by atoms with van der Waals surface area (Å²) in [7, 11) is 0.